The van der Waals surface area contributed by atoms with Gasteiger partial charge >= 0.3 is 5.97 Å². The number of ether oxygens (including phenoxy) is 1. The summed E-state index contributed by atoms with van der Waals surface area (Å²) in [5.41, 5.74) is 2.07. The summed E-state index contributed by atoms with van der Waals surface area (Å²) in [6.45, 7) is 10.6. The molecule has 2 amide bonds. The maximum absolute atomic E-state index is 13.2. The molecule has 2 aliphatic heterocycles. The molecule has 3 rings (SSSR count). The minimum Gasteiger partial charge on any atom is -0.462 e. The number of H-pyrrole nitrogens is 1. The predicted octanol–water partition coefficient (Wildman–Crippen LogP) is 2.65. The van der Waals surface area contributed by atoms with Crippen LogP contribution in [0.1, 0.15) is 77.6 Å². The van der Waals surface area contributed by atoms with Gasteiger partial charge in [-0.1, -0.05) is 6.42 Å². The van der Waals surface area contributed by atoms with Crippen molar-refractivity contribution in [1.82, 2.24) is 20.1 Å². The Labute approximate surface area is 191 Å². The zero-order valence-electron chi connectivity index (χ0n) is 19.8. The van der Waals surface area contributed by atoms with E-state index in [1.165, 1.54) is 32.4 Å². The Morgan fingerprint density at radius 2 is 1.84 bits per heavy atom. The van der Waals surface area contributed by atoms with Crippen LogP contribution < -0.4 is 5.32 Å². The van der Waals surface area contributed by atoms with Crippen LogP contribution >= 0.6 is 0 Å². The summed E-state index contributed by atoms with van der Waals surface area (Å²) >= 11 is 0. The van der Waals surface area contributed by atoms with Gasteiger partial charge in [-0.15, -0.1) is 0 Å². The van der Waals surface area contributed by atoms with E-state index in [1.807, 2.05) is 0 Å². The van der Waals surface area contributed by atoms with E-state index >= 15 is 0 Å². The number of likely N-dealkylation sites (tertiary alicyclic amines) is 2. The highest BCUT2D eigenvalue weighted by Gasteiger charge is 2.31. The third-order valence-corrected chi connectivity index (χ3v) is 6.61. The lowest BCUT2D eigenvalue weighted by Gasteiger charge is -2.32. The number of esters is 1. The number of carbonyl (C=O) groups excluding carboxylic acids is 3. The number of hydrogen-bond donors (Lipinski definition) is 2. The summed E-state index contributed by atoms with van der Waals surface area (Å²) in [7, 11) is 0. The summed E-state index contributed by atoms with van der Waals surface area (Å²) in [6, 6.07) is 0. The highest BCUT2D eigenvalue weighted by atomic mass is 16.5. The molecule has 0 saturated carbocycles. The number of nitrogens with one attached hydrogen (secondary N) is 2. The van der Waals surface area contributed by atoms with Gasteiger partial charge in [0.15, 0.2) is 0 Å². The van der Waals surface area contributed by atoms with Crippen molar-refractivity contribution >= 4 is 17.8 Å². The SMILES string of the molecule is CCOC(=O)c1c(C)[nH]c(C(=O)N2CCC[C@@H](C(=O)NCCCN3CCCCC3)C2)c1C. The summed E-state index contributed by atoms with van der Waals surface area (Å²) < 4.78 is 5.12. The van der Waals surface area contributed by atoms with Gasteiger partial charge in [-0.2, -0.15) is 0 Å². The van der Waals surface area contributed by atoms with Crippen LogP contribution in [0.5, 0.6) is 0 Å². The number of rotatable bonds is 8. The smallest absolute Gasteiger partial charge is 0.340 e. The molecule has 8 nitrogen and oxygen atoms in total. The third kappa shape index (κ3) is 5.91. The van der Waals surface area contributed by atoms with Crippen LogP contribution in [0, 0.1) is 19.8 Å². The predicted molar refractivity (Wildman–Crippen MR) is 123 cm³/mol. The monoisotopic (exact) mass is 446 g/mol. The molecule has 0 bridgehead atoms. The first-order chi connectivity index (χ1) is 15.4. The van der Waals surface area contributed by atoms with Crippen LogP contribution in [0.25, 0.3) is 0 Å². The van der Waals surface area contributed by atoms with E-state index in [9.17, 15) is 14.4 Å². The first-order valence-electron chi connectivity index (χ1n) is 12.1. The number of hydrogen-bond acceptors (Lipinski definition) is 5. The Hall–Kier alpha value is -2.35. The van der Waals surface area contributed by atoms with E-state index in [-0.39, 0.29) is 24.3 Å². The van der Waals surface area contributed by atoms with E-state index in [2.05, 4.69) is 15.2 Å². The van der Waals surface area contributed by atoms with Gasteiger partial charge in [-0.25, -0.2) is 4.79 Å². The Kier molecular flexibility index (Phi) is 8.73. The third-order valence-electron chi connectivity index (χ3n) is 6.61. The molecule has 1 aromatic rings. The number of aromatic amines is 1. The van der Waals surface area contributed by atoms with Crippen molar-refractivity contribution < 1.29 is 19.1 Å². The average molecular weight is 447 g/mol. The van der Waals surface area contributed by atoms with Gasteiger partial charge in [-0.05, 0) is 78.1 Å². The lowest BCUT2D eigenvalue weighted by molar-refractivity contribution is -0.126. The first-order valence-corrected chi connectivity index (χ1v) is 12.1. The maximum Gasteiger partial charge on any atom is 0.340 e. The summed E-state index contributed by atoms with van der Waals surface area (Å²) in [5, 5.41) is 3.07. The van der Waals surface area contributed by atoms with Crippen molar-refractivity contribution in [2.45, 2.75) is 59.3 Å². The van der Waals surface area contributed by atoms with Crippen molar-refractivity contribution in [3.8, 4) is 0 Å². The van der Waals surface area contributed by atoms with Crippen molar-refractivity contribution in [2.24, 2.45) is 5.92 Å². The van der Waals surface area contributed by atoms with Gasteiger partial charge in [0.25, 0.3) is 5.91 Å². The van der Waals surface area contributed by atoms with Crippen LogP contribution in [0.2, 0.25) is 0 Å². The molecule has 2 aliphatic rings. The second-order valence-corrected chi connectivity index (χ2v) is 8.98. The van der Waals surface area contributed by atoms with E-state index in [0.717, 1.165) is 25.8 Å². The molecule has 0 aromatic carbocycles. The molecule has 2 fully saturated rings. The molecule has 2 N–H and O–H groups in total. The van der Waals surface area contributed by atoms with Crippen molar-refractivity contribution in [1.29, 1.82) is 0 Å². The molecule has 0 radical (unpaired) electrons. The maximum atomic E-state index is 13.2. The van der Waals surface area contributed by atoms with Gasteiger partial charge in [0, 0.05) is 25.3 Å². The Balaban J connectivity index is 1.52. The highest BCUT2D eigenvalue weighted by Crippen LogP contribution is 2.24. The Morgan fingerprint density at radius 3 is 2.56 bits per heavy atom. The zero-order chi connectivity index (χ0) is 23.1. The van der Waals surface area contributed by atoms with Gasteiger partial charge in [0.1, 0.15) is 5.69 Å². The lowest BCUT2D eigenvalue weighted by atomic mass is 9.96. The van der Waals surface area contributed by atoms with Crippen LogP contribution in [-0.2, 0) is 9.53 Å². The van der Waals surface area contributed by atoms with Gasteiger partial charge in [0.05, 0.1) is 18.1 Å². The molecule has 1 atom stereocenters. The zero-order valence-corrected chi connectivity index (χ0v) is 19.8. The van der Waals surface area contributed by atoms with Gasteiger partial charge in [-0.3, -0.25) is 9.59 Å². The topological polar surface area (TPSA) is 94.7 Å². The molecule has 8 heteroatoms. The van der Waals surface area contributed by atoms with E-state index in [0.29, 0.717) is 42.1 Å². The molecule has 32 heavy (non-hydrogen) atoms. The highest BCUT2D eigenvalue weighted by molar-refractivity contribution is 6.00. The normalized spacial score (nSPS) is 19.6. The number of aromatic nitrogens is 1. The minimum atomic E-state index is -0.418. The largest absolute Gasteiger partial charge is 0.462 e. The Morgan fingerprint density at radius 1 is 1.09 bits per heavy atom. The number of piperidine rings is 2. The fraction of sp³-hybridized carbons (Fsp3) is 0.708. The quantitative estimate of drug-likeness (QED) is 0.473. The first kappa shape index (κ1) is 24.3. The van der Waals surface area contributed by atoms with E-state index in [4.69, 9.17) is 4.74 Å². The number of amides is 2. The Bertz CT molecular complexity index is 813. The van der Waals surface area contributed by atoms with Crippen LogP contribution in [0.15, 0.2) is 0 Å². The molecular weight excluding hydrogens is 408 g/mol. The van der Waals surface area contributed by atoms with Crippen LogP contribution in [-0.4, -0.2) is 78.4 Å². The number of aryl methyl sites for hydroxylation is 1. The van der Waals surface area contributed by atoms with Crippen molar-refractivity contribution in [2.75, 3.05) is 45.9 Å². The lowest BCUT2D eigenvalue weighted by Crippen LogP contribution is -2.46. The molecule has 3 heterocycles. The van der Waals surface area contributed by atoms with Crippen LogP contribution in [0.4, 0.5) is 0 Å². The van der Waals surface area contributed by atoms with E-state index in [1.54, 1.807) is 25.7 Å². The summed E-state index contributed by atoms with van der Waals surface area (Å²) in [5.74, 6) is -0.738. The molecule has 178 valence electrons. The number of carbonyl (C=O) groups is 3. The molecule has 0 spiro atoms. The van der Waals surface area contributed by atoms with Crippen LogP contribution in [0.3, 0.4) is 0 Å². The standard InChI is InChI=1S/C24H38N4O4/c1-4-32-24(31)20-17(2)21(26-18(20)3)23(30)28-15-8-10-19(16-28)22(29)25-11-9-14-27-12-6-5-7-13-27/h19,26H,4-16H2,1-3H3,(H,25,29)/t19-/m1/s1. The fourth-order valence-corrected chi connectivity index (χ4v) is 4.85. The van der Waals surface area contributed by atoms with Gasteiger partial charge in [0.2, 0.25) is 5.91 Å². The molecule has 0 aliphatic carbocycles. The van der Waals surface area contributed by atoms with Crippen molar-refractivity contribution in [3.05, 3.63) is 22.5 Å². The molecular formula is C24H38N4O4. The van der Waals surface area contributed by atoms with Gasteiger partial charge < -0.3 is 24.8 Å². The van der Waals surface area contributed by atoms with E-state index < -0.39 is 5.97 Å². The molecule has 2 saturated heterocycles. The minimum absolute atomic E-state index is 0.0349. The molecule has 0 unspecified atom stereocenters. The van der Waals surface area contributed by atoms with Crippen molar-refractivity contribution in [3.63, 3.8) is 0 Å². The average Bonchev–Trinajstić information content (AvgIpc) is 3.10. The molecule has 1 aromatic heterocycles. The second kappa shape index (κ2) is 11.5. The summed E-state index contributed by atoms with van der Waals surface area (Å²) in [6.07, 6.45) is 6.42. The summed E-state index contributed by atoms with van der Waals surface area (Å²) in [4.78, 5) is 45.4. The second-order valence-electron chi connectivity index (χ2n) is 8.98. The fourth-order valence-electron chi connectivity index (χ4n) is 4.85. The number of nitrogens with zero attached hydrogens (tertiary/aromatic N) is 2.